The molecule has 114 valence electrons. The van der Waals surface area contributed by atoms with Crippen molar-refractivity contribution in [2.45, 2.75) is 6.61 Å². The van der Waals surface area contributed by atoms with E-state index in [1.807, 2.05) is 48.5 Å². The van der Waals surface area contributed by atoms with E-state index < -0.39 is 0 Å². The van der Waals surface area contributed by atoms with Crippen molar-refractivity contribution in [3.05, 3.63) is 90.1 Å². The first-order valence-corrected chi connectivity index (χ1v) is 7.30. The number of nitrogens with zero attached hydrogens (tertiary/aromatic N) is 1. The van der Waals surface area contributed by atoms with Crippen LogP contribution in [0.4, 0.5) is 5.82 Å². The summed E-state index contributed by atoms with van der Waals surface area (Å²) < 4.78 is 5.68. The SMILES string of the molecule is O=C(Nc1ccccn1)c1ccc(COc2ccccc2)cc1. The van der Waals surface area contributed by atoms with Gasteiger partial charge in [0.2, 0.25) is 0 Å². The first-order chi connectivity index (χ1) is 11.3. The fraction of sp³-hybridized carbons (Fsp3) is 0.0526. The minimum atomic E-state index is -0.181. The molecule has 1 N–H and O–H groups in total. The van der Waals surface area contributed by atoms with Crippen molar-refractivity contribution in [1.82, 2.24) is 4.98 Å². The Morgan fingerprint density at radius 1 is 0.913 bits per heavy atom. The summed E-state index contributed by atoms with van der Waals surface area (Å²) in [4.78, 5) is 16.2. The van der Waals surface area contributed by atoms with Gasteiger partial charge in [-0.2, -0.15) is 0 Å². The Balaban J connectivity index is 1.59. The molecule has 0 radical (unpaired) electrons. The number of hydrogen-bond acceptors (Lipinski definition) is 3. The third-order valence-electron chi connectivity index (χ3n) is 3.27. The number of para-hydroxylation sites is 1. The van der Waals surface area contributed by atoms with Gasteiger partial charge in [0.05, 0.1) is 0 Å². The monoisotopic (exact) mass is 304 g/mol. The molecule has 0 fully saturated rings. The molecule has 3 rings (SSSR count). The minimum Gasteiger partial charge on any atom is -0.489 e. The molecule has 3 aromatic rings. The number of amides is 1. The molecule has 0 unspecified atom stereocenters. The molecule has 0 aliphatic carbocycles. The Bertz CT molecular complexity index is 756. The number of rotatable bonds is 5. The van der Waals surface area contributed by atoms with E-state index in [0.717, 1.165) is 11.3 Å². The van der Waals surface area contributed by atoms with Gasteiger partial charge in [-0.25, -0.2) is 4.98 Å². The molecule has 1 aromatic heterocycles. The average Bonchev–Trinajstić information content (AvgIpc) is 2.62. The number of carbonyl (C=O) groups is 1. The molecule has 2 aromatic carbocycles. The van der Waals surface area contributed by atoms with Gasteiger partial charge >= 0.3 is 0 Å². The molecule has 0 atom stereocenters. The Labute approximate surface area is 134 Å². The lowest BCUT2D eigenvalue weighted by molar-refractivity contribution is 0.102. The maximum absolute atomic E-state index is 12.1. The molecule has 0 bridgehead atoms. The summed E-state index contributed by atoms with van der Waals surface area (Å²) in [7, 11) is 0. The van der Waals surface area contributed by atoms with Crippen molar-refractivity contribution < 1.29 is 9.53 Å². The molecule has 0 aliphatic rings. The number of aromatic nitrogens is 1. The van der Waals surface area contributed by atoms with Crippen LogP contribution in [0.3, 0.4) is 0 Å². The number of nitrogens with one attached hydrogen (secondary N) is 1. The van der Waals surface area contributed by atoms with Crippen molar-refractivity contribution in [1.29, 1.82) is 0 Å². The van der Waals surface area contributed by atoms with Gasteiger partial charge in [0.25, 0.3) is 5.91 Å². The van der Waals surface area contributed by atoms with E-state index in [2.05, 4.69) is 10.3 Å². The van der Waals surface area contributed by atoms with Gasteiger partial charge in [-0.05, 0) is 42.0 Å². The number of ether oxygens (including phenoxy) is 1. The summed E-state index contributed by atoms with van der Waals surface area (Å²) in [6, 6.07) is 22.3. The predicted octanol–water partition coefficient (Wildman–Crippen LogP) is 3.91. The molecule has 0 aliphatic heterocycles. The normalized spacial score (nSPS) is 10.1. The van der Waals surface area contributed by atoms with Crippen LogP contribution in [0, 0.1) is 0 Å². The topological polar surface area (TPSA) is 51.2 Å². The van der Waals surface area contributed by atoms with E-state index in [0.29, 0.717) is 18.0 Å². The number of hydrogen-bond donors (Lipinski definition) is 1. The van der Waals surface area contributed by atoms with Crippen LogP contribution in [0.1, 0.15) is 15.9 Å². The molecule has 23 heavy (non-hydrogen) atoms. The summed E-state index contributed by atoms with van der Waals surface area (Å²) in [5, 5.41) is 2.75. The number of benzene rings is 2. The van der Waals surface area contributed by atoms with Crippen LogP contribution in [0.5, 0.6) is 5.75 Å². The fourth-order valence-electron chi connectivity index (χ4n) is 2.06. The molecular weight excluding hydrogens is 288 g/mol. The molecule has 0 saturated heterocycles. The summed E-state index contributed by atoms with van der Waals surface area (Å²) >= 11 is 0. The molecule has 1 amide bonds. The lowest BCUT2D eigenvalue weighted by Gasteiger charge is -2.07. The van der Waals surface area contributed by atoms with E-state index >= 15 is 0 Å². The third-order valence-corrected chi connectivity index (χ3v) is 3.27. The first-order valence-electron chi connectivity index (χ1n) is 7.30. The van der Waals surface area contributed by atoms with Crippen molar-refractivity contribution in [2.75, 3.05) is 5.32 Å². The molecule has 1 heterocycles. The standard InChI is InChI=1S/C19H16N2O2/c22-19(21-18-8-4-5-13-20-18)16-11-9-15(10-12-16)14-23-17-6-2-1-3-7-17/h1-13H,14H2,(H,20,21,22). The zero-order valence-electron chi connectivity index (χ0n) is 12.5. The lowest BCUT2D eigenvalue weighted by atomic mass is 10.1. The second-order valence-electron chi connectivity index (χ2n) is 4.97. The van der Waals surface area contributed by atoms with Crippen LogP contribution in [-0.2, 0) is 6.61 Å². The van der Waals surface area contributed by atoms with Gasteiger partial charge in [-0.15, -0.1) is 0 Å². The highest BCUT2D eigenvalue weighted by atomic mass is 16.5. The highest BCUT2D eigenvalue weighted by Crippen LogP contribution is 2.13. The second-order valence-corrected chi connectivity index (χ2v) is 4.97. The fourth-order valence-corrected chi connectivity index (χ4v) is 2.06. The predicted molar refractivity (Wildman–Crippen MR) is 89.4 cm³/mol. The first kappa shape index (κ1) is 14.8. The largest absolute Gasteiger partial charge is 0.489 e. The van der Waals surface area contributed by atoms with E-state index in [1.54, 1.807) is 30.5 Å². The number of carbonyl (C=O) groups excluding carboxylic acids is 1. The van der Waals surface area contributed by atoms with Gasteiger partial charge < -0.3 is 10.1 Å². The molecule has 4 heteroatoms. The van der Waals surface area contributed by atoms with Crippen LogP contribution in [0.2, 0.25) is 0 Å². The summed E-state index contributed by atoms with van der Waals surface area (Å²) in [6.45, 7) is 0.464. The average molecular weight is 304 g/mol. The van der Waals surface area contributed by atoms with Crippen molar-refractivity contribution in [3.63, 3.8) is 0 Å². The van der Waals surface area contributed by atoms with Crippen molar-refractivity contribution in [2.24, 2.45) is 0 Å². The molecular formula is C19H16N2O2. The lowest BCUT2D eigenvalue weighted by Crippen LogP contribution is -2.12. The van der Waals surface area contributed by atoms with E-state index in [9.17, 15) is 4.79 Å². The van der Waals surface area contributed by atoms with Crippen molar-refractivity contribution >= 4 is 11.7 Å². The van der Waals surface area contributed by atoms with Gasteiger partial charge in [-0.1, -0.05) is 36.4 Å². The summed E-state index contributed by atoms with van der Waals surface area (Å²) in [6.07, 6.45) is 1.64. The quantitative estimate of drug-likeness (QED) is 0.777. The summed E-state index contributed by atoms with van der Waals surface area (Å²) in [5.74, 6) is 1.18. The number of anilines is 1. The number of pyridine rings is 1. The van der Waals surface area contributed by atoms with Gasteiger partial charge in [0, 0.05) is 11.8 Å². The van der Waals surface area contributed by atoms with E-state index in [-0.39, 0.29) is 5.91 Å². The van der Waals surface area contributed by atoms with Crippen LogP contribution in [-0.4, -0.2) is 10.9 Å². The Morgan fingerprint density at radius 3 is 2.35 bits per heavy atom. The second kappa shape index (κ2) is 7.22. The third kappa shape index (κ3) is 4.17. The summed E-state index contributed by atoms with van der Waals surface area (Å²) in [5.41, 5.74) is 1.59. The van der Waals surface area contributed by atoms with Gasteiger partial charge in [0.1, 0.15) is 18.2 Å². The Kier molecular flexibility index (Phi) is 4.64. The smallest absolute Gasteiger partial charge is 0.256 e. The maximum atomic E-state index is 12.1. The molecule has 4 nitrogen and oxygen atoms in total. The Hall–Kier alpha value is -3.14. The van der Waals surface area contributed by atoms with E-state index in [1.165, 1.54) is 0 Å². The van der Waals surface area contributed by atoms with Crippen molar-refractivity contribution in [3.8, 4) is 5.75 Å². The van der Waals surface area contributed by atoms with Crippen LogP contribution in [0.25, 0.3) is 0 Å². The van der Waals surface area contributed by atoms with E-state index in [4.69, 9.17) is 4.74 Å². The highest BCUT2D eigenvalue weighted by Gasteiger charge is 2.06. The molecule has 0 saturated carbocycles. The van der Waals surface area contributed by atoms with Crippen LogP contribution < -0.4 is 10.1 Å². The Morgan fingerprint density at radius 2 is 1.65 bits per heavy atom. The highest BCUT2D eigenvalue weighted by molar-refractivity contribution is 6.03. The zero-order valence-corrected chi connectivity index (χ0v) is 12.5. The van der Waals surface area contributed by atoms with Crippen LogP contribution in [0.15, 0.2) is 79.0 Å². The van der Waals surface area contributed by atoms with Gasteiger partial charge in [0.15, 0.2) is 0 Å². The van der Waals surface area contributed by atoms with Gasteiger partial charge in [-0.3, -0.25) is 4.79 Å². The maximum Gasteiger partial charge on any atom is 0.256 e. The minimum absolute atomic E-state index is 0.181. The zero-order chi connectivity index (χ0) is 15.9. The van der Waals surface area contributed by atoms with Crippen LogP contribution >= 0.6 is 0 Å². The molecule has 0 spiro atoms.